The van der Waals surface area contributed by atoms with Gasteiger partial charge in [-0.25, -0.2) is 13.8 Å². The number of benzene rings is 1. The molecule has 0 aliphatic heterocycles. The first-order valence-electron chi connectivity index (χ1n) is 13.2. The lowest BCUT2D eigenvalue weighted by atomic mass is 9.86. The van der Waals surface area contributed by atoms with Gasteiger partial charge in [0.1, 0.15) is 0 Å². The minimum absolute atomic E-state index is 0.0441. The van der Waals surface area contributed by atoms with E-state index in [9.17, 15) is 23.2 Å². The van der Waals surface area contributed by atoms with E-state index in [0.717, 1.165) is 42.5 Å². The van der Waals surface area contributed by atoms with Crippen LogP contribution >= 0.6 is 11.3 Å². The fraction of sp³-hybridized carbons (Fsp3) is 0.429. The summed E-state index contributed by atoms with van der Waals surface area (Å²) >= 11 is 0.736. The Balaban J connectivity index is 1.43. The summed E-state index contributed by atoms with van der Waals surface area (Å²) in [5, 5.41) is 5.66. The number of carbonyl (C=O) groups excluding carboxylic acids is 3. The second-order valence-electron chi connectivity index (χ2n) is 10.2. The van der Waals surface area contributed by atoms with E-state index in [0.29, 0.717) is 23.9 Å². The molecule has 3 aromatic rings. The number of nitrogens with zero attached hydrogens (tertiary/aromatic N) is 3. The maximum absolute atomic E-state index is 13.3. The van der Waals surface area contributed by atoms with Gasteiger partial charge in [0.15, 0.2) is 0 Å². The number of hydrogen-bond donors (Lipinski definition) is 2. The van der Waals surface area contributed by atoms with Gasteiger partial charge in [0.2, 0.25) is 11.9 Å². The summed E-state index contributed by atoms with van der Waals surface area (Å²) in [5.74, 6) is -0.587. The van der Waals surface area contributed by atoms with Crippen molar-refractivity contribution in [3.05, 3.63) is 58.3 Å². The highest BCUT2D eigenvalue weighted by atomic mass is 32.1. The molecule has 2 fully saturated rings. The van der Waals surface area contributed by atoms with E-state index in [1.54, 1.807) is 12.1 Å². The Morgan fingerprint density at radius 2 is 1.90 bits per heavy atom. The summed E-state index contributed by atoms with van der Waals surface area (Å²) in [6.45, 7) is 3.48. The van der Waals surface area contributed by atoms with Gasteiger partial charge in [-0.1, -0.05) is 25.8 Å². The van der Waals surface area contributed by atoms with Crippen LogP contribution < -0.4 is 10.6 Å². The zero-order valence-corrected chi connectivity index (χ0v) is 22.5. The highest BCUT2D eigenvalue weighted by Crippen LogP contribution is 2.38. The zero-order valence-electron chi connectivity index (χ0n) is 21.7. The topological polar surface area (TPSA) is 96.3 Å². The largest absolute Gasteiger partial charge is 0.350 e. The Kier molecular flexibility index (Phi) is 7.79. The van der Waals surface area contributed by atoms with Crippen molar-refractivity contribution < 1.29 is 23.2 Å². The normalized spacial score (nSPS) is 19.5. The van der Waals surface area contributed by atoms with Crippen molar-refractivity contribution in [3.8, 4) is 0 Å². The van der Waals surface area contributed by atoms with E-state index in [1.807, 2.05) is 22.6 Å². The average Bonchev–Trinajstić information content (AvgIpc) is 3.55. The summed E-state index contributed by atoms with van der Waals surface area (Å²) in [7, 11) is 1.84. The lowest BCUT2D eigenvalue weighted by Crippen LogP contribution is -2.44. The number of alkyl halides is 2. The smallest absolute Gasteiger partial charge is 0.272 e. The number of amides is 3. The molecule has 0 atom stereocenters. The average molecular weight is 556 g/mol. The van der Waals surface area contributed by atoms with Gasteiger partial charge < -0.3 is 14.8 Å². The van der Waals surface area contributed by atoms with E-state index in [4.69, 9.17) is 0 Å². The molecule has 2 heterocycles. The van der Waals surface area contributed by atoms with Crippen molar-refractivity contribution in [1.82, 2.24) is 19.8 Å². The first kappa shape index (κ1) is 27.0. The third-order valence-corrected chi connectivity index (χ3v) is 8.77. The minimum atomic E-state index is -2.65. The van der Waals surface area contributed by atoms with E-state index < -0.39 is 12.3 Å². The molecule has 3 amide bonds. The Bertz CT molecular complexity index is 1410. The van der Waals surface area contributed by atoms with Gasteiger partial charge in [-0.05, 0) is 62.1 Å². The summed E-state index contributed by atoms with van der Waals surface area (Å²) in [6.07, 6.45) is 5.24. The second kappa shape index (κ2) is 11.3. The van der Waals surface area contributed by atoms with Gasteiger partial charge in [-0.3, -0.25) is 19.7 Å². The number of anilines is 1. The van der Waals surface area contributed by atoms with Crippen LogP contribution in [0.25, 0.3) is 11.0 Å². The van der Waals surface area contributed by atoms with Crippen LogP contribution in [0.4, 0.5) is 14.7 Å². The summed E-state index contributed by atoms with van der Waals surface area (Å²) in [6, 6.07) is 8.07. The quantitative estimate of drug-likeness (QED) is 0.349. The molecule has 2 aliphatic carbocycles. The van der Waals surface area contributed by atoms with Gasteiger partial charge in [-0.2, -0.15) is 0 Å². The summed E-state index contributed by atoms with van der Waals surface area (Å²) in [4.78, 5) is 44.4. The number of imidazole rings is 1. The Morgan fingerprint density at radius 3 is 2.56 bits per heavy atom. The zero-order chi connectivity index (χ0) is 27.7. The van der Waals surface area contributed by atoms with E-state index in [1.165, 1.54) is 24.6 Å². The number of aromatic nitrogens is 2. The van der Waals surface area contributed by atoms with Crippen molar-refractivity contribution in [3.63, 3.8) is 0 Å². The van der Waals surface area contributed by atoms with Gasteiger partial charge in [-0.15, -0.1) is 11.3 Å². The van der Waals surface area contributed by atoms with E-state index in [2.05, 4.69) is 22.2 Å². The molecule has 5 rings (SSSR count). The summed E-state index contributed by atoms with van der Waals surface area (Å²) in [5.41, 5.74) is 1.80. The molecule has 0 saturated heterocycles. The second-order valence-corrected chi connectivity index (χ2v) is 11.3. The van der Waals surface area contributed by atoms with Crippen LogP contribution in [0.3, 0.4) is 0 Å². The van der Waals surface area contributed by atoms with Crippen molar-refractivity contribution in [2.45, 2.75) is 69.5 Å². The monoisotopic (exact) mass is 555 g/mol. The maximum atomic E-state index is 13.3. The summed E-state index contributed by atoms with van der Waals surface area (Å²) < 4.78 is 28.0. The number of thiophene rings is 1. The predicted octanol–water partition coefficient (Wildman–Crippen LogP) is 5.70. The molecule has 0 bridgehead atoms. The molecular weight excluding hydrogens is 524 g/mol. The Hall–Kier alpha value is -3.60. The molecule has 2 N–H and O–H groups in total. The van der Waals surface area contributed by atoms with Gasteiger partial charge in [0.25, 0.3) is 18.2 Å². The molecule has 39 heavy (non-hydrogen) atoms. The molecule has 8 nitrogen and oxygen atoms in total. The molecule has 2 aromatic heterocycles. The van der Waals surface area contributed by atoms with Crippen LogP contribution in [0.5, 0.6) is 0 Å². The Labute approximate surface area is 229 Å². The van der Waals surface area contributed by atoms with Crippen molar-refractivity contribution in [1.29, 1.82) is 0 Å². The van der Waals surface area contributed by atoms with Crippen LogP contribution in [-0.4, -0.2) is 51.3 Å². The fourth-order valence-electron chi connectivity index (χ4n) is 5.46. The van der Waals surface area contributed by atoms with Crippen LogP contribution in [-0.2, 0) is 4.79 Å². The highest BCUT2D eigenvalue weighted by Gasteiger charge is 2.34. The molecule has 0 radical (unpaired) electrons. The van der Waals surface area contributed by atoms with Gasteiger partial charge in [0, 0.05) is 30.7 Å². The van der Waals surface area contributed by atoms with Gasteiger partial charge >= 0.3 is 0 Å². The molecule has 2 saturated carbocycles. The van der Waals surface area contributed by atoms with Crippen LogP contribution in [0.15, 0.2) is 43.0 Å². The fourth-order valence-corrected chi connectivity index (χ4v) is 6.22. The molecule has 0 unspecified atom stereocenters. The lowest BCUT2D eigenvalue weighted by Gasteiger charge is -2.37. The number of fused-ring (bicyclic) bond motifs is 1. The highest BCUT2D eigenvalue weighted by molar-refractivity contribution is 7.14. The van der Waals surface area contributed by atoms with E-state index in [-0.39, 0.29) is 45.6 Å². The number of carbonyl (C=O) groups is 3. The van der Waals surface area contributed by atoms with Crippen molar-refractivity contribution in [2.24, 2.45) is 0 Å². The maximum Gasteiger partial charge on any atom is 0.272 e. The van der Waals surface area contributed by atoms with E-state index >= 15 is 0 Å². The molecule has 1 aromatic carbocycles. The third kappa shape index (κ3) is 5.59. The molecule has 0 spiro atoms. The van der Waals surface area contributed by atoms with Crippen molar-refractivity contribution >= 4 is 46.0 Å². The van der Waals surface area contributed by atoms with Gasteiger partial charge in [0.05, 0.1) is 20.8 Å². The third-order valence-electron chi connectivity index (χ3n) is 7.68. The Morgan fingerprint density at radius 1 is 1.15 bits per heavy atom. The first-order valence-corrected chi connectivity index (χ1v) is 14.0. The molecule has 11 heteroatoms. The molecule has 206 valence electrons. The molecule has 2 aliphatic rings. The number of rotatable bonds is 8. The SMILES string of the molecule is C=CC(=O)NC1CC(n2c(NC(=O)c3ccc(C(F)F)s3)nc3cc(C(=O)N(C)C4CCCCC4)ccc32)C1. The predicted molar refractivity (Wildman–Crippen MR) is 146 cm³/mol. The minimum Gasteiger partial charge on any atom is -0.350 e. The molecular formula is C28H31F2N5O3S. The number of halogens is 2. The number of hydrogen-bond acceptors (Lipinski definition) is 5. The first-order chi connectivity index (χ1) is 18.7. The van der Waals surface area contributed by atoms with Crippen LogP contribution in [0, 0.1) is 0 Å². The number of nitrogens with one attached hydrogen (secondary N) is 2. The van der Waals surface area contributed by atoms with Crippen molar-refractivity contribution in [2.75, 3.05) is 12.4 Å². The standard InChI is InChI=1S/C28H31F2N5O3S/c1-3-24(36)31-17-14-19(15-17)35-21-10-9-16(27(38)34(2)18-7-5-4-6-8-18)13-20(21)32-28(35)33-26(37)23-12-11-22(39-23)25(29)30/h3,9-13,17-19,25H,1,4-8,14-15H2,2H3,(H,31,36)(H,32,33,37). The van der Waals surface area contributed by atoms with Crippen LogP contribution in [0.2, 0.25) is 0 Å². The lowest BCUT2D eigenvalue weighted by molar-refractivity contribution is -0.117. The van der Waals surface area contributed by atoms with Crippen LogP contribution in [0.1, 0.15) is 82.3 Å².